The van der Waals surface area contributed by atoms with Crippen LogP contribution >= 0.6 is 0 Å². The van der Waals surface area contributed by atoms with E-state index in [1.54, 1.807) is 0 Å². The number of anilines is 1. The summed E-state index contributed by atoms with van der Waals surface area (Å²) in [7, 11) is 0. The predicted molar refractivity (Wildman–Crippen MR) is 102 cm³/mol. The summed E-state index contributed by atoms with van der Waals surface area (Å²) in [5, 5.41) is 7.86. The molecule has 1 aromatic heterocycles. The maximum absolute atomic E-state index is 13.1. The Bertz CT molecular complexity index is 1040. The number of nitrogens with zero attached hydrogens (tertiary/aromatic N) is 5. The topological polar surface area (TPSA) is 73.0 Å². The summed E-state index contributed by atoms with van der Waals surface area (Å²) in [5.41, 5.74) is 3.21. The molecule has 0 unspecified atom stereocenters. The molecule has 1 heterocycles. The largest absolute Gasteiger partial charge is 0.377 e. The highest BCUT2D eigenvalue weighted by atomic mass is 16.2. The Morgan fingerprint density at radius 1 is 1.04 bits per heavy atom. The van der Waals surface area contributed by atoms with Gasteiger partial charge in [-0.05, 0) is 72.9 Å². The van der Waals surface area contributed by atoms with Crippen molar-refractivity contribution in [3.05, 3.63) is 70.1 Å². The van der Waals surface area contributed by atoms with Gasteiger partial charge in [0.2, 0.25) is 0 Å². The van der Waals surface area contributed by atoms with Gasteiger partial charge in [0.1, 0.15) is 0 Å². The zero-order valence-corrected chi connectivity index (χ0v) is 15.4. The molecule has 138 valence electrons. The maximum atomic E-state index is 13.1. The second kappa shape index (κ2) is 6.83. The Morgan fingerprint density at radius 3 is 2.56 bits per heavy atom. The third-order valence-electron chi connectivity index (χ3n) is 4.87. The van der Waals surface area contributed by atoms with Crippen LogP contribution in [0.5, 0.6) is 0 Å². The lowest BCUT2D eigenvalue weighted by molar-refractivity contribution is 0.242. The first-order valence-electron chi connectivity index (χ1n) is 9.12. The number of carbonyl (C=O) groups excluding carboxylic acids is 1. The van der Waals surface area contributed by atoms with E-state index in [0.29, 0.717) is 11.4 Å². The van der Waals surface area contributed by atoms with Crippen LogP contribution in [0, 0.1) is 0 Å². The van der Waals surface area contributed by atoms with Crippen LogP contribution in [-0.4, -0.2) is 31.9 Å². The van der Waals surface area contributed by atoms with Gasteiger partial charge in [0.25, 0.3) is 0 Å². The number of fused-ring (bicyclic) bond motifs is 1. The van der Waals surface area contributed by atoms with Crippen molar-refractivity contribution in [2.24, 2.45) is 0 Å². The minimum atomic E-state index is -0.554. The van der Waals surface area contributed by atoms with E-state index < -0.39 is 11.7 Å². The van der Waals surface area contributed by atoms with E-state index in [2.05, 4.69) is 16.5 Å². The fraction of sp³-hybridized carbons (Fsp3) is 0.300. The number of amides is 1. The Hall–Kier alpha value is -3.22. The fourth-order valence-corrected chi connectivity index (χ4v) is 3.64. The summed E-state index contributed by atoms with van der Waals surface area (Å²) in [5.74, 6) is 0. The molecule has 0 aliphatic heterocycles. The fourth-order valence-electron chi connectivity index (χ4n) is 3.64. The number of aromatic nitrogens is 4. The SMILES string of the molecule is CC(C)N(C(=O)n1nnn(-c2cccc3c2CCC3)c1=O)c1ccccc1. The van der Waals surface area contributed by atoms with E-state index in [-0.39, 0.29) is 6.04 Å². The summed E-state index contributed by atoms with van der Waals surface area (Å²) in [6, 6.07) is 14.4. The zero-order chi connectivity index (χ0) is 19.0. The lowest BCUT2D eigenvalue weighted by Crippen LogP contribution is -2.44. The van der Waals surface area contributed by atoms with E-state index >= 15 is 0 Å². The van der Waals surface area contributed by atoms with Gasteiger partial charge in [0.15, 0.2) is 0 Å². The van der Waals surface area contributed by atoms with Gasteiger partial charge in [0, 0.05) is 11.7 Å². The first-order valence-corrected chi connectivity index (χ1v) is 9.12. The van der Waals surface area contributed by atoms with Crippen molar-refractivity contribution >= 4 is 11.7 Å². The molecule has 0 saturated heterocycles. The number of hydrogen-bond donors (Lipinski definition) is 0. The van der Waals surface area contributed by atoms with Crippen molar-refractivity contribution < 1.29 is 4.79 Å². The first kappa shape index (κ1) is 17.2. The molecule has 0 spiro atoms. The minimum Gasteiger partial charge on any atom is -0.290 e. The smallest absolute Gasteiger partial charge is 0.290 e. The molecule has 3 aromatic rings. The molecule has 4 rings (SSSR count). The molecule has 7 heteroatoms. The molecule has 0 saturated carbocycles. The second-order valence-corrected chi connectivity index (χ2v) is 6.94. The highest BCUT2D eigenvalue weighted by molar-refractivity contribution is 5.93. The van der Waals surface area contributed by atoms with Crippen LogP contribution in [0.25, 0.3) is 5.69 Å². The third-order valence-corrected chi connectivity index (χ3v) is 4.87. The normalized spacial score (nSPS) is 13.0. The van der Waals surface area contributed by atoms with Crippen molar-refractivity contribution in [2.45, 2.75) is 39.2 Å². The molecule has 1 amide bonds. The monoisotopic (exact) mass is 363 g/mol. The average Bonchev–Trinajstić information content (AvgIpc) is 3.28. The Labute approximate surface area is 156 Å². The molecular weight excluding hydrogens is 342 g/mol. The summed E-state index contributed by atoms with van der Waals surface area (Å²) in [6.45, 7) is 3.79. The van der Waals surface area contributed by atoms with Crippen LogP contribution in [0.15, 0.2) is 53.3 Å². The molecule has 0 bridgehead atoms. The number of hydrogen-bond acceptors (Lipinski definition) is 4. The van der Waals surface area contributed by atoms with Gasteiger partial charge in [-0.3, -0.25) is 4.90 Å². The van der Waals surface area contributed by atoms with Gasteiger partial charge in [-0.2, -0.15) is 4.68 Å². The van der Waals surface area contributed by atoms with Crippen molar-refractivity contribution in [3.8, 4) is 5.69 Å². The number of para-hydroxylation sites is 1. The number of carbonyl (C=O) groups is 1. The van der Waals surface area contributed by atoms with Crippen molar-refractivity contribution in [1.82, 2.24) is 19.8 Å². The van der Waals surface area contributed by atoms with Gasteiger partial charge in [-0.25, -0.2) is 9.59 Å². The maximum Gasteiger partial charge on any atom is 0.377 e. The molecule has 0 atom stereocenters. The van der Waals surface area contributed by atoms with Gasteiger partial charge >= 0.3 is 11.7 Å². The Balaban J connectivity index is 1.75. The van der Waals surface area contributed by atoms with E-state index in [1.165, 1.54) is 15.1 Å². The second-order valence-electron chi connectivity index (χ2n) is 6.94. The van der Waals surface area contributed by atoms with E-state index in [9.17, 15) is 9.59 Å². The molecular formula is C20H21N5O2. The highest BCUT2D eigenvalue weighted by Gasteiger charge is 2.26. The predicted octanol–water partition coefficient (Wildman–Crippen LogP) is 2.80. The lowest BCUT2D eigenvalue weighted by Gasteiger charge is -2.25. The summed E-state index contributed by atoms with van der Waals surface area (Å²) in [4.78, 5) is 27.5. The van der Waals surface area contributed by atoms with Crippen molar-refractivity contribution in [1.29, 1.82) is 0 Å². The van der Waals surface area contributed by atoms with Gasteiger partial charge < -0.3 is 0 Å². The summed E-state index contributed by atoms with van der Waals surface area (Å²) >= 11 is 0. The van der Waals surface area contributed by atoms with Crippen LogP contribution in [0.4, 0.5) is 10.5 Å². The van der Waals surface area contributed by atoms with Crippen LogP contribution in [-0.2, 0) is 12.8 Å². The first-order chi connectivity index (χ1) is 13.1. The molecule has 0 fully saturated rings. The van der Waals surface area contributed by atoms with E-state index in [4.69, 9.17) is 0 Å². The van der Waals surface area contributed by atoms with Crippen LogP contribution < -0.4 is 10.6 Å². The van der Waals surface area contributed by atoms with Crippen LogP contribution in [0.3, 0.4) is 0 Å². The number of benzene rings is 2. The number of rotatable bonds is 3. The Kier molecular flexibility index (Phi) is 4.35. The third kappa shape index (κ3) is 2.95. The van der Waals surface area contributed by atoms with E-state index in [1.807, 2.05) is 56.3 Å². The lowest BCUT2D eigenvalue weighted by atomic mass is 10.1. The van der Waals surface area contributed by atoms with Crippen molar-refractivity contribution in [3.63, 3.8) is 0 Å². The minimum absolute atomic E-state index is 0.141. The van der Waals surface area contributed by atoms with Gasteiger partial charge in [-0.1, -0.05) is 30.3 Å². The zero-order valence-electron chi connectivity index (χ0n) is 15.4. The highest BCUT2D eigenvalue weighted by Crippen LogP contribution is 2.26. The van der Waals surface area contributed by atoms with Crippen LogP contribution in [0.2, 0.25) is 0 Å². The number of tetrazole rings is 1. The van der Waals surface area contributed by atoms with Gasteiger partial charge in [-0.15, -0.1) is 4.68 Å². The molecule has 2 aromatic carbocycles. The molecule has 0 radical (unpaired) electrons. The molecule has 1 aliphatic carbocycles. The molecule has 27 heavy (non-hydrogen) atoms. The standard InChI is InChI=1S/C20H21N5O2/c1-14(2)23(16-10-4-3-5-11-16)19(26)25-20(27)24(21-22-25)18-13-7-9-15-8-6-12-17(15)18/h3-5,7,9-11,13-14H,6,8,12H2,1-2H3. The average molecular weight is 363 g/mol. The summed E-state index contributed by atoms with van der Waals surface area (Å²) < 4.78 is 2.06. The molecule has 7 nitrogen and oxygen atoms in total. The van der Waals surface area contributed by atoms with Crippen molar-refractivity contribution in [2.75, 3.05) is 4.90 Å². The summed E-state index contributed by atoms with van der Waals surface area (Å²) in [6.07, 6.45) is 2.96. The van der Waals surface area contributed by atoms with E-state index in [0.717, 1.165) is 29.5 Å². The molecule has 1 aliphatic rings. The van der Waals surface area contributed by atoms with Gasteiger partial charge in [0.05, 0.1) is 5.69 Å². The molecule has 0 N–H and O–H groups in total. The quantitative estimate of drug-likeness (QED) is 0.671. The number of aryl methyl sites for hydroxylation is 1. The Morgan fingerprint density at radius 2 is 1.81 bits per heavy atom. The van der Waals surface area contributed by atoms with Crippen LogP contribution in [0.1, 0.15) is 31.4 Å².